The number of fused-ring (bicyclic) bond motifs is 1. The second kappa shape index (κ2) is 5.37. The van der Waals surface area contributed by atoms with Crippen LogP contribution in [-0.4, -0.2) is 33.9 Å². The third kappa shape index (κ3) is 2.38. The molecule has 3 aromatic rings. The van der Waals surface area contributed by atoms with Crippen molar-refractivity contribution >= 4 is 16.7 Å². The van der Waals surface area contributed by atoms with Crippen molar-refractivity contribution in [1.29, 1.82) is 0 Å². The number of aromatic amines is 2. The van der Waals surface area contributed by atoms with Crippen LogP contribution in [0, 0.1) is 0 Å². The Morgan fingerprint density at radius 1 is 1.33 bits per heavy atom. The van der Waals surface area contributed by atoms with Crippen LogP contribution in [0.4, 0.5) is 5.82 Å². The van der Waals surface area contributed by atoms with Gasteiger partial charge >= 0.3 is 0 Å². The molecule has 108 valence electrons. The molecule has 3 rings (SSSR count). The summed E-state index contributed by atoms with van der Waals surface area (Å²) in [4.78, 5) is 19.4. The summed E-state index contributed by atoms with van der Waals surface area (Å²) in [6.45, 7) is 0.520. The van der Waals surface area contributed by atoms with Crippen molar-refractivity contribution in [2.24, 2.45) is 0 Å². The molecule has 0 amide bonds. The van der Waals surface area contributed by atoms with Crippen molar-refractivity contribution in [3.05, 3.63) is 40.3 Å². The second-order valence-corrected chi connectivity index (χ2v) is 4.64. The second-order valence-electron chi connectivity index (χ2n) is 4.64. The van der Waals surface area contributed by atoms with Crippen molar-refractivity contribution in [3.63, 3.8) is 0 Å². The molecule has 0 unspecified atom stereocenters. The Morgan fingerprint density at radius 3 is 2.95 bits per heavy atom. The predicted octanol–water partition coefficient (Wildman–Crippen LogP) is 1.08. The van der Waals surface area contributed by atoms with Crippen LogP contribution in [0.25, 0.3) is 22.3 Å². The van der Waals surface area contributed by atoms with Gasteiger partial charge in [0.05, 0.1) is 28.8 Å². The molecule has 2 aromatic heterocycles. The summed E-state index contributed by atoms with van der Waals surface area (Å²) in [5.74, 6) is 0.718. The summed E-state index contributed by atoms with van der Waals surface area (Å²) >= 11 is 0. The lowest BCUT2D eigenvalue weighted by Gasteiger charge is -2.05. The molecule has 0 fully saturated rings. The minimum atomic E-state index is -0.200. The highest BCUT2D eigenvalue weighted by Crippen LogP contribution is 2.25. The highest BCUT2D eigenvalue weighted by molar-refractivity contribution is 5.81. The topological polar surface area (TPSA) is 110 Å². The van der Waals surface area contributed by atoms with E-state index < -0.39 is 0 Å². The van der Waals surface area contributed by atoms with E-state index in [1.807, 2.05) is 6.07 Å². The van der Waals surface area contributed by atoms with Gasteiger partial charge in [0.15, 0.2) is 5.82 Å². The Hall–Kier alpha value is -2.67. The van der Waals surface area contributed by atoms with E-state index >= 15 is 0 Å². The molecule has 0 aliphatic rings. The van der Waals surface area contributed by atoms with Crippen molar-refractivity contribution in [1.82, 2.24) is 20.2 Å². The zero-order chi connectivity index (χ0) is 14.8. The number of nitrogens with zero attached hydrogens (tertiary/aromatic N) is 2. The molecule has 21 heavy (non-hydrogen) atoms. The minimum Gasteiger partial charge on any atom is -0.384 e. The summed E-state index contributed by atoms with van der Waals surface area (Å²) < 4.78 is 5.06. The Labute approximate surface area is 120 Å². The number of nitrogens with one attached hydrogen (secondary N) is 2. The van der Waals surface area contributed by atoms with Crippen molar-refractivity contribution < 1.29 is 4.74 Å². The van der Waals surface area contributed by atoms with Crippen LogP contribution < -0.4 is 11.3 Å². The van der Waals surface area contributed by atoms with E-state index in [0.717, 1.165) is 5.69 Å². The molecule has 2 heterocycles. The van der Waals surface area contributed by atoms with E-state index in [9.17, 15) is 4.79 Å². The monoisotopic (exact) mass is 285 g/mol. The number of hydrogen-bond acceptors (Lipinski definition) is 5. The van der Waals surface area contributed by atoms with Gasteiger partial charge in [-0.3, -0.25) is 9.89 Å². The van der Waals surface area contributed by atoms with Gasteiger partial charge in [-0.05, 0) is 12.1 Å². The molecule has 0 aliphatic heterocycles. The van der Waals surface area contributed by atoms with Crippen molar-refractivity contribution in [2.75, 3.05) is 19.5 Å². The largest absolute Gasteiger partial charge is 0.384 e. The maximum atomic E-state index is 12.1. The molecule has 7 heteroatoms. The number of hydrogen-bond donors (Lipinski definition) is 3. The van der Waals surface area contributed by atoms with Gasteiger partial charge in [-0.25, -0.2) is 4.98 Å². The molecule has 0 atom stereocenters. The molecule has 0 saturated carbocycles. The van der Waals surface area contributed by atoms with E-state index in [4.69, 9.17) is 10.5 Å². The van der Waals surface area contributed by atoms with E-state index in [-0.39, 0.29) is 5.56 Å². The van der Waals surface area contributed by atoms with Gasteiger partial charge in [-0.1, -0.05) is 12.1 Å². The maximum absolute atomic E-state index is 12.1. The molecule has 0 bridgehead atoms. The average molecular weight is 285 g/mol. The van der Waals surface area contributed by atoms with E-state index in [0.29, 0.717) is 41.1 Å². The highest BCUT2D eigenvalue weighted by Gasteiger charge is 2.16. The molecule has 0 spiro atoms. The SMILES string of the molecule is COCCc1[nH]nc(N)c1-c1nc2ccccc2c(=O)[nH]1. The molecule has 0 saturated heterocycles. The van der Waals surface area contributed by atoms with Gasteiger partial charge < -0.3 is 15.5 Å². The zero-order valence-corrected chi connectivity index (χ0v) is 11.5. The van der Waals surface area contributed by atoms with Crippen LogP contribution in [0.2, 0.25) is 0 Å². The van der Waals surface area contributed by atoms with Crippen LogP contribution in [0.5, 0.6) is 0 Å². The standard InChI is InChI=1S/C14H15N5O2/c1-21-7-6-10-11(12(15)19-18-10)13-16-9-5-3-2-4-8(9)14(20)17-13/h2-5H,6-7H2,1H3,(H3,15,18,19)(H,16,17,20). The van der Waals surface area contributed by atoms with Crippen molar-refractivity contribution in [3.8, 4) is 11.4 Å². The minimum absolute atomic E-state index is 0.200. The summed E-state index contributed by atoms with van der Waals surface area (Å²) in [6.07, 6.45) is 0.604. The first-order valence-electron chi connectivity index (χ1n) is 6.52. The first-order valence-corrected chi connectivity index (χ1v) is 6.52. The summed E-state index contributed by atoms with van der Waals surface area (Å²) in [5.41, 5.74) is 7.72. The summed E-state index contributed by atoms with van der Waals surface area (Å²) in [6, 6.07) is 7.16. The van der Waals surface area contributed by atoms with E-state index in [2.05, 4.69) is 20.2 Å². The fourth-order valence-corrected chi connectivity index (χ4v) is 2.25. The van der Waals surface area contributed by atoms with Gasteiger partial charge in [-0.2, -0.15) is 5.10 Å². The van der Waals surface area contributed by atoms with E-state index in [1.165, 1.54) is 0 Å². The highest BCUT2D eigenvalue weighted by atomic mass is 16.5. The third-order valence-electron chi connectivity index (χ3n) is 3.28. The molecular weight excluding hydrogens is 270 g/mol. The Morgan fingerprint density at radius 2 is 2.14 bits per heavy atom. The lowest BCUT2D eigenvalue weighted by atomic mass is 10.1. The number of nitrogens with two attached hydrogens (primary N) is 1. The molecular formula is C14H15N5O2. The number of anilines is 1. The molecule has 4 N–H and O–H groups in total. The van der Waals surface area contributed by atoms with Crippen LogP contribution in [-0.2, 0) is 11.2 Å². The lowest BCUT2D eigenvalue weighted by molar-refractivity contribution is 0.201. The van der Waals surface area contributed by atoms with Crippen LogP contribution in [0.15, 0.2) is 29.1 Å². The molecule has 7 nitrogen and oxygen atoms in total. The van der Waals surface area contributed by atoms with Gasteiger partial charge in [0.25, 0.3) is 5.56 Å². The summed E-state index contributed by atoms with van der Waals surface area (Å²) in [5, 5.41) is 7.39. The quantitative estimate of drug-likeness (QED) is 0.664. The number of rotatable bonds is 4. The smallest absolute Gasteiger partial charge is 0.259 e. The van der Waals surface area contributed by atoms with Gasteiger partial charge in [-0.15, -0.1) is 0 Å². The number of ether oxygens (including phenoxy) is 1. The number of para-hydroxylation sites is 1. The Bertz CT molecular complexity index is 837. The fourth-order valence-electron chi connectivity index (χ4n) is 2.25. The first-order chi connectivity index (χ1) is 10.2. The number of H-pyrrole nitrogens is 2. The van der Waals surface area contributed by atoms with E-state index in [1.54, 1.807) is 25.3 Å². The van der Waals surface area contributed by atoms with Gasteiger partial charge in [0.2, 0.25) is 0 Å². The normalized spacial score (nSPS) is 11.1. The number of nitrogen functional groups attached to an aromatic ring is 1. The Balaban J connectivity index is 2.16. The number of aromatic nitrogens is 4. The average Bonchev–Trinajstić information content (AvgIpc) is 2.86. The molecule has 1 aromatic carbocycles. The number of benzene rings is 1. The van der Waals surface area contributed by atoms with Gasteiger partial charge in [0.1, 0.15) is 5.82 Å². The summed E-state index contributed by atoms with van der Waals surface area (Å²) in [7, 11) is 1.62. The molecule has 0 aliphatic carbocycles. The first kappa shape index (κ1) is 13.3. The third-order valence-corrected chi connectivity index (χ3v) is 3.28. The van der Waals surface area contributed by atoms with Crippen LogP contribution in [0.1, 0.15) is 5.69 Å². The maximum Gasteiger partial charge on any atom is 0.259 e. The van der Waals surface area contributed by atoms with Crippen LogP contribution in [0.3, 0.4) is 0 Å². The lowest BCUT2D eigenvalue weighted by Crippen LogP contribution is -2.10. The van der Waals surface area contributed by atoms with Crippen LogP contribution >= 0.6 is 0 Å². The molecule has 0 radical (unpaired) electrons. The fraction of sp³-hybridized carbons (Fsp3) is 0.214. The van der Waals surface area contributed by atoms with Crippen molar-refractivity contribution in [2.45, 2.75) is 6.42 Å². The zero-order valence-electron chi connectivity index (χ0n) is 11.5. The number of methoxy groups -OCH3 is 1. The predicted molar refractivity (Wildman–Crippen MR) is 79.9 cm³/mol. The Kier molecular flexibility index (Phi) is 3.41. The van der Waals surface area contributed by atoms with Gasteiger partial charge in [0, 0.05) is 13.5 Å².